The molecule has 0 aliphatic rings. The van der Waals surface area contributed by atoms with Crippen molar-refractivity contribution in [3.63, 3.8) is 0 Å². The highest BCUT2D eigenvalue weighted by Crippen LogP contribution is 2.34. The van der Waals surface area contributed by atoms with Crippen molar-refractivity contribution in [2.75, 3.05) is 13.2 Å². The van der Waals surface area contributed by atoms with Crippen LogP contribution < -0.4 is 23.7 Å². The van der Waals surface area contributed by atoms with Gasteiger partial charge in [-0.3, -0.25) is 0 Å². The zero-order valence-corrected chi connectivity index (χ0v) is 29.1. The highest BCUT2D eigenvalue weighted by Gasteiger charge is 2.17. The van der Waals surface area contributed by atoms with Gasteiger partial charge in [-0.2, -0.15) is 0 Å². The minimum absolute atomic E-state index is 0.0980. The van der Waals surface area contributed by atoms with Gasteiger partial charge in [-0.05, 0) is 117 Å². The van der Waals surface area contributed by atoms with Gasteiger partial charge in [0.15, 0.2) is 23.1 Å². The number of carbonyl (C=O) groups excluding carboxylic acids is 3. The van der Waals surface area contributed by atoms with Gasteiger partial charge < -0.3 is 23.7 Å². The third kappa shape index (κ3) is 11.3. The average Bonchev–Trinajstić information content (AvgIpc) is 3.11. The van der Waals surface area contributed by atoms with Crippen molar-refractivity contribution in [1.82, 2.24) is 0 Å². The van der Waals surface area contributed by atoms with Gasteiger partial charge in [0.2, 0.25) is 0 Å². The topological polar surface area (TPSA) is 97.4 Å². The van der Waals surface area contributed by atoms with E-state index in [1.54, 1.807) is 24.3 Å². The summed E-state index contributed by atoms with van der Waals surface area (Å²) < 4.78 is 42.0. The van der Waals surface area contributed by atoms with E-state index >= 15 is 0 Å². The smallest absolute Gasteiger partial charge is 0.338 e. The first kappa shape index (κ1) is 37.9. The highest BCUT2D eigenvalue weighted by atomic mass is 19.1. The van der Waals surface area contributed by atoms with Crippen LogP contribution in [-0.4, -0.2) is 31.1 Å². The molecule has 0 atom stereocenters. The van der Waals surface area contributed by atoms with Crippen LogP contribution in [0.4, 0.5) is 4.39 Å². The van der Waals surface area contributed by atoms with E-state index in [2.05, 4.69) is 19.7 Å². The number of carbonyl (C=O) groups is 3. The summed E-state index contributed by atoms with van der Waals surface area (Å²) >= 11 is 0. The Kier molecular flexibility index (Phi) is 13.5. The van der Waals surface area contributed by atoms with E-state index in [1.807, 2.05) is 48.5 Å². The molecule has 4 aromatic rings. The number of ether oxygens (including phenoxy) is 5. The summed E-state index contributed by atoms with van der Waals surface area (Å²) in [5, 5.41) is 0. The van der Waals surface area contributed by atoms with Gasteiger partial charge in [-0.15, -0.1) is 0 Å². The summed E-state index contributed by atoms with van der Waals surface area (Å²) in [6.07, 6.45) is 3.75. The first-order valence-electron chi connectivity index (χ1n) is 16.4. The lowest BCUT2D eigenvalue weighted by Gasteiger charge is -2.13. The number of hydrogen-bond donors (Lipinski definition) is 0. The standard InChI is InChI=1S/C42H41FO8/c1-27(2)40(44)49-37-21-15-32(25-36(37)43)30-11-17-34(18-12-30)47-23-9-7-8-10-24-48-35-19-13-31(14-20-35)33-16-22-38(50-41(45)28(3)4)39(26-33)51-42(46)29(5)6/h11-22,25-26H,1,3,5,7-10,23-24H2,2,4,6H3. The van der Waals surface area contributed by atoms with E-state index in [0.717, 1.165) is 53.9 Å². The molecule has 4 rings (SSSR count). The van der Waals surface area contributed by atoms with Crippen LogP contribution >= 0.6 is 0 Å². The van der Waals surface area contributed by atoms with Crippen LogP contribution in [0.25, 0.3) is 22.3 Å². The molecule has 0 amide bonds. The molecule has 8 nitrogen and oxygen atoms in total. The molecule has 0 heterocycles. The van der Waals surface area contributed by atoms with Gasteiger partial charge in [0.25, 0.3) is 0 Å². The molecular weight excluding hydrogens is 651 g/mol. The average molecular weight is 693 g/mol. The molecule has 0 bridgehead atoms. The molecule has 51 heavy (non-hydrogen) atoms. The van der Waals surface area contributed by atoms with Crippen molar-refractivity contribution in [3.8, 4) is 51.0 Å². The summed E-state index contributed by atoms with van der Waals surface area (Å²) in [6.45, 7) is 16.4. The molecule has 0 saturated heterocycles. The Morgan fingerprint density at radius 2 is 0.863 bits per heavy atom. The Morgan fingerprint density at radius 1 is 0.490 bits per heavy atom. The van der Waals surface area contributed by atoms with Gasteiger partial charge in [-0.25, -0.2) is 18.8 Å². The van der Waals surface area contributed by atoms with Crippen molar-refractivity contribution in [2.24, 2.45) is 0 Å². The van der Waals surface area contributed by atoms with Gasteiger partial charge in [-0.1, -0.05) is 56.1 Å². The predicted molar refractivity (Wildman–Crippen MR) is 195 cm³/mol. The number of benzene rings is 4. The molecule has 0 radical (unpaired) electrons. The Bertz CT molecular complexity index is 1910. The Hall–Kier alpha value is -5.96. The van der Waals surface area contributed by atoms with Gasteiger partial charge in [0.05, 0.1) is 13.2 Å². The van der Waals surface area contributed by atoms with Gasteiger partial charge in [0.1, 0.15) is 11.5 Å². The van der Waals surface area contributed by atoms with Crippen molar-refractivity contribution in [2.45, 2.75) is 46.5 Å². The lowest BCUT2D eigenvalue weighted by atomic mass is 10.0. The monoisotopic (exact) mass is 692 g/mol. The molecule has 0 aromatic heterocycles. The lowest BCUT2D eigenvalue weighted by molar-refractivity contribution is -0.132. The molecule has 0 aliphatic carbocycles. The van der Waals surface area contributed by atoms with Crippen LogP contribution in [-0.2, 0) is 14.4 Å². The third-order valence-corrected chi connectivity index (χ3v) is 7.48. The van der Waals surface area contributed by atoms with E-state index in [1.165, 1.54) is 32.9 Å². The second-order valence-electron chi connectivity index (χ2n) is 12.0. The molecule has 9 heteroatoms. The van der Waals surface area contributed by atoms with E-state index in [-0.39, 0.29) is 34.0 Å². The maximum absolute atomic E-state index is 14.5. The second kappa shape index (κ2) is 18.2. The maximum Gasteiger partial charge on any atom is 0.338 e. The quantitative estimate of drug-likeness (QED) is 0.0467. The molecule has 264 valence electrons. The number of hydrogen-bond acceptors (Lipinski definition) is 8. The molecule has 0 saturated carbocycles. The normalized spacial score (nSPS) is 10.5. The molecule has 0 spiro atoms. The van der Waals surface area contributed by atoms with Crippen LogP contribution in [0, 0.1) is 5.82 Å². The highest BCUT2D eigenvalue weighted by molar-refractivity contribution is 5.91. The molecule has 0 unspecified atom stereocenters. The molecular formula is C42H41FO8. The summed E-state index contributed by atoms with van der Waals surface area (Å²) in [5.74, 6) is -1.04. The van der Waals surface area contributed by atoms with Crippen LogP contribution in [0.3, 0.4) is 0 Å². The number of halogens is 1. The Balaban J connectivity index is 1.18. The zero-order chi connectivity index (χ0) is 36.9. The van der Waals surface area contributed by atoms with Crippen LogP contribution in [0.15, 0.2) is 121 Å². The van der Waals surface area contributed by atoms with Crippen LogP contribution in [0.2, 0.25) is 0 Å². The van der Waals surface area contributed by atoms with E-state index in [4.69, 9.17) is 23.7 Å². The molecule has 0 fully saturated rings. The van der Waals surface area contributed by atoms with Crippen LogP contribution in [0.1, 0.15) is 46.5 Å². The largest absolute Gasteiger partial charge is 0.494 e. The fourth-order valence-electron chi connectivity index (χ4n) is 4.60. The van der Waals surface area contributed by atoms with Crippen molar-refractivity contribution in [1.29, 1.82) is 0 Å². The van der Waals surface area contributed by atoms with Crippen molar-refractivity contribution >= 4 is 17.9 Å². The predicted octanol–water partition coefficient (Wildman–Crippen LogP) is 9.62. The second-order valence-corrected chi connectivity index (χ2v) is 12.0. The first-order chi connectivity index (χ1) is 24.4. The fourth-order valence-corrected chi connectivity index (χ4v) is 4.60. The van der Waals surface area contributed by atoms with E-state index < -0.39 is 23.7 Å². The molecule has 0 N–H and O–H groups in total. The van der Waals surface area contributed by atoms with E-state index in [0.29, 0.717) is 18.8 Å². The third-order valence-electron chi connectivity index (χ3n) is 7.48. The Labute approximate surface area is 297 Å². The number of unbranched alkanes of at least 4 members (excludes halogenated alkanes) is 3. The fraction of sp³-hybridized carbons (Fsp3) is 0.214. The Morgan fingerprint density at radius 3 is 1.29 bits per heavy atom. The first-order valence-corrected chi connectivity index (χ1v) is 16.4. The molecule has 0 aliphatic heterocycles. The summed E-state index contributed by atoms with van der Waals surface area (Å²) in [5.41, 5.74) is 3.69. The zero-order valence-electron chi connectivity index (χ0n) is 29.1. The summed E-state index contributed by atoms with van der Waals surface area (Å²) in [4.78, 5) is 36.0. The van der Waals surface area contributed by atoms with E-state index in [9.17, 15) is 18.8 Å². The lowest BCUT2D eigenvalue weighted by Crippen LogP contribution is -2.12. The molecule has 4 aromatic carbocycles. The number of rotatable bonds is 17. The minimum Gasteiger partial charge on any atom is -0.494 e. The van der Waals surface area contributed by atoms with Gasteiger partial charge >= 0.3 is 17.9 Å². The number of esters is 3. The van der Waals surface area contributed by atoms with Gasteiger partial charge in [0, 0.05) is 16.7 Å². The summed E-state index contributed by atoms with van der Waals surface area (Å²) in [7, 11) is 0. The summed E-state index contributed by atoms with van der Waals surface area (Å²) in [6, 6.07) is 24.3. The SMILES string of the molecule is C=C(C)C(=O)Oc1ccc(-c2ccc(OCCCCCCOc3ccc(-c4ccc(OC(=O)C(=C)C)c(OC(=O)C(=C)C)c4)cc3)cc2)cc1F. The van der Waals surface area contributed by atoms with Crippen LogP contribution in [0.5, 0.6) is 28.7 Å². The maximum atomic E-state index is 14.5. The van der Waals surface area contributed by atoms with Crippen molar-refractivity contribution < 1.29 is 42.5 Å². The minimum atomic E-state index is -0.673. The van der Waals surface area contributed by atoms with Crippen molar-refractivity contribution in [3.05, 3.63) is 127 Å².